The zero-order valence-corrected chi connectivity index (χ0v) is 16.9. The third-order valence-corrected chi connectivity index (χ3v) is 5.12. The van der Waals surface area contributed by atoms with Gasteiger partial charge in [0.05, 0.1) is 5.56 Å². The summed E-state index contributed by atoms with van der Waals surface area (Å²) in [5.41, 5.74) is 2.93. The fourth-order valence-electron chi connectivity index (χ4n) is 3.64. The van der Waals surface area contributed by atoms with Crippen molar-refractivity contribution in [3.05, 3.63) is 53.3 Å². The van der Waals surface area contributed by atoms with Crippen LogP contribution in [0.1, 0.15) is 56.2 Å². The van der Waals surface area contributed by atoms with Crippen LogP contribution in [-0.2, 0) is 11.2 Å². The van der Waals surface area contributed by atoms with E-state index in [0.717, 1.165) is 23.5 Å². The number of amides is 1. The van der Waals surface area contributed by atoms with Crippen LogP contribution in [0.4, 0.5) is 5.95 Å². The summed E-state index contributed by atoms with van der Waals surface area (Å²) in [6.45, 7) is 3.54. The first-order valence-electron chi connectivity index (χ1n) is 9.94. The molecule has 0 saturated heterocycles. The maximum atomic E-state index is 11.1. The van der Waals surface area contributed by atoms with Gasteiger partial charge < -0.3 is 10.2 Å². The van der Waals surface area contributed by atoms with E-state index in [2.05, 4.69) is 51.2 Å². The Morgan fingerprint density at radius 1 is 1.14 bits per heavy atom. The first-order chi connectivity index (χ1) is 13.5. The van der Waals surface area contributed by atoms with Crippen molar-refractivity contribution in [1.29, 1.82) is 0 Å². The second kappa shape index (κ2) is 9.36. The van der Waals surface area contributed by atoms with Crippen molar-refractivity contribution in [3.63, 3.8) is 0 Å². The molecule has 146 valence electrons. The normalized spacial score (nSPS) is 14.8. The van der Waals surface area contributed by atoms with Crippen LogP contribution in [0.2, 0.25) is 0 Å². The molecule has 5 heteroatoms. The summed E-state index contributed by atoms with van der Waals surface area (Å²) >= 11 is 0. The quantitative estimate of drug-likeness (QED) is 0.814. The second-order valence-electron chi connectivity index (χ2n) is 7.57. The number of nitrogens with one attached hydrogen (secondary N) is 1. The Kier molecular flexibility index (Phi) is 6.65. The average molecular weight is 377 g/mol. The lowest BCUT2D eigenvalue weighted by atomic mass is 10.1. The predicted molar refractivity (Wildman–Crippen MR) is 112 cm³/mol. The highest BCUT2D eigenvalue weighted by molar-refractivity contribution is 5.73. The molecule has 1 aliphatic rings. The minimum absolute atomic E-state index is 0.00217. The highest BCUT2D eigenvalue weighted by Gasteiger charge is 2.21. The molecule has 0 bridgehead atoms. The van der Waals surface area contributed by atoms with Crippen LogP contribution in [0.5, 0.6) is 0 Å². The molecule has 0 aliphatic heterocycles. The largest absolute Gasteiger partial charge is 0.354 e. The third-order valence-electron chi connectivity index (χ3n) is 5.12. The van der Waals surface area contributed by atoms with Gasteiger partial charge in [0.25, 0.3) is 0 Å². The van der Waals surface area contributed by atoms with Gasteiger partial charge in [-0.15, -0.1) is 0 Å². The molecule has 1 aromatic heterocycles. The summed E-state index contributed by atoms with van der Waals surface area (Å²) in [4.78, 5) is 22.3. The molecule has 1 aliphatic carbocycles. The predicted octanol–water partition coefficient (Wildman–Crippen LogP) is 3.32. The maximum absolute atomic E-state index is 11.1. The molecule has 28 heavy (non-hydrogen) atoms. The number of aromatic nitrogens is 2. The van der Waals surface area contributed by atoms with Crippen molar-refractivity contribution >= 4 is 11.9 Å². The Morgan fingerprint density at radius 2 is 1.75 bits per heavy atom. The van der Waals surface area contributed by atoms with Gasteiger partial charge in [-0.2, -0.15) is 0 Å². The molecule has 3 rings (SSSR count). The molecule has 0 spiro atoms. The summed E-state index contributed by atoms with van der Waals surface area (Å²) in [6.07, 6.45) is 9.43. The lowest BCUT2D eigenvalue weighted by Crippen LogP contribution is -2.31. The van der Waals surface area contributed by atoms with E-state index in [9.17, 15) is 4.79 Å². The van der Waals surface area contributed by atoms with Gasteiger partial charge in [0, 0.05) is 44.0 Å². The van der Waals surface area contributed by atoms with Crippen molar-refractivity contribution in [3.8, 4) is 11.8 Å². The third kappa shape index (κ3) is 5.56. The van der Waals surface area contributed by atoms with E-state index in [0.29, 0.717) is 6.04 Å². The van der Waals surface area contributed by atoms with Crippen LogP contribution in [0.3, 0.4) is 0 Å². The van der Waals surface area contributed by atoms with E-state index in [-0.39, 0.29) is 11.9 Å². The topological polar surface area (TPSA) is 58.1 Å². The number of hydrogen-bond acceptors (Lipinski definition) is 4. The maximum Gasteiger partial charge on any atom is 0.225 e. The second-order valence-corrected chi connectivity index (χ2v) is 7.57. The molecule has 1 atom stereocenters. The number of nitrogens with zero attached hydrogens (tertiary/aromatic N) is 3. The fourth-order valence-corrected chi connectivity index (χ4v) is 3.64. The molecule has 1 fully saturated rings. The number of benzene rings is 1. The molecule has 1 saturated carbocycles. The number of carbonyl (C=O) groups excluding carboxylic acids is 1. The van der Waals surface area contributed by atoms with Gasteiger partial charge in [-0.1, -0.05) is 36.8 Å². The van der Waals surface area contributed by atoms with Gasteiger partial charge in [0.2, 0.25) is 11.9 Å². The van der Waals surface area contributed by atoms with E-state index >= 15 is 0 Å². The Labute approximate surface area is 167 Å². The summed E-state index contributed by atoms with van der Waals surface area (Å²) in [6, 6.07) is 8.80. The van der Waals surface area contributed by atoms with Gasteiger partial charge in [0.1, 0.15) is 0 Å². The van der Waals surface area contributed by atoms with Crippen molar-refractivity contribution in [1.82, 2.24) is 15.3 Å². The zero-order chi connectivity index (χ0) is 19.9. The van der Waals surface area contributed by atoms with Crippen molar-refractivity contribution in [2.24, 2.45) is 0 Å². The molecule has 0 radical (unpaired) electrons. The Balaban J connectivity index is 1.59. The lowest BCUT2D eigenvalue weighted by molar-refractivity contribution is -0.119. The molecular weight excluding hydrogens is 348 g/mol. The molecule has 2 aromatic rings. The molecular formula is C23H28N4O. The average Bonchev–Trinajstić information content (AvgIpc) is 3.21. The van der Waals surface area contributed by atoms with Crippen molar-refractivity contribution in [2.75, 3.05) is 11.9 Å². The summed E-state index contributed by atoms with van der Waals surface area (Å²) in [5.74, 6) is 7.07. The van der Waals surface area contributed by atoms with Crippen LogP contribution in [0.15, 0.2) is 36.7 Å². The minimum Gasteiger partial charge on any atom is -0.354 e. The van der Waals surface area contributed by atoms with Gasteiger partial charge >= 0.3 is 0 Å². The lowest BCUT2D eigenvalue weighted by Gasteiger charge is -2.23. The SMILES string of the molecule is CC(=O)NC(C)Cc1ccc(C#Cc2cnc(N(C)C3CCCC3)nc2)cc1. The standard InChI is InChI=1S/C23H28N4O/c1-17(26-18(2)28)14-20-11-8-19(9-12-20)10-13-21-15-24-23(25-16-21)27(3)22-6-4-5-7-22/h8-9,11-12,15-17,22H,4-7,14H2,1-3H3,(H,26,28). The highest BCUT2D eigenvalue weighted by atomic mass is 16.1. The zero-order valence-electron chi connectivity index (χ0n) is 16.9. The highest BCUT2D eigenvalue weighted by Crippen LogP contribution is 2.24. The summed E-state index contributed by atoms with van der Waals surface area (Å²) < 4.78 is 0. The molecule has 5 nitrogen and oxygen atoms in total. The van der Waals surface area contributed by atoms with Gasteiger partial charge in [-0.3, -0.25) is 4.79 Å². The fraction of sp³-hybridized carbons (Fsp3) is 0.435. The number of carbonyl (C=O) groups is 1. The molecule has 1 aromatic carbocycles. The monoisotopic (exact) mass is 376 g/mol. The van der Waals surface area contributed by atoms with E-state index in [4.69, 9.17) is 0 Å². The smallest absolute Gasteiger partial charge is 0.225 e. The van der Waals surface area contributed by atoms with E-state index in [1.807, 2.05) is 19.1 Å². The number of hydrogen-bond donors (Lipinski definition) is 1. The summed E-state index contributed by atoms with van der Waals surface area (Å²) in [7, 11) is 2.07. The van der Waals surface area contributed by atoms with Crippen LogP contribution >= 0.6 is 0 Å². The number of anilines is 1. The summed E-state index contributed by atoms with van der Waals surface area (Å²) in [5, 5.41) is 2.90. The minimum atomic E-state index is -0.00217. The van der Waals surface area contributed by atoms with Crippen molar-refractivity contribution < 1.29 is 4.79 Å². The first-order valence-corrected chi connectivity index (χ1v) is 9.94. The molecule has 1 unspecified atom stereocenters. The van der Waals surface area contributed by atoms with E-state index in [1.165, 1.54) is 38.2 Å². The number of rotatable bonds is 5. The van der Waals surface area contributed by atoms with Crippen molar-refractivity contribution in [2.45, 2.75) is 58.0 Å². The van der Waals surface area contributed by atoms with E-state index in [1.54, 1.807) is 12.4 Å². The van der Waals surface area contributed by atoms with Gasteiger partial charge in [-0.05, 0) is 43.9 Å². The molecule has 1 heterocycles. The molecule has 1 amide bonds. The Hall–Kier alpha value is -2.87. The Bertz CT molecular complexity index is 843. The van der Waals surface area contributed by atoms with Crippen LogP contribution in [0.25, 0.3) is 0 Å². The molecule has 1 N–H and O–H groups in total. The Morgan fingerprint density at radius 3 is 2.36 bits per heavy atom. The van der Waals surface area contributed by atoms with E-state index < -0.39 is 0 Å². The van der Waals surface area contributed by atoms with Gasteiger partial charge in [0.15, 0.2) is 0 Å². The first kappa shape index (κ1) is 19.9. The van der Waals surface area contributed by atoms with Crippen LogP contribution in [-0.4, -0.2) is 35.0 Å². The van der Waals surface area contributed by atoms with Crippen LogP contribution in [0, 0.1) is 11.8 Å². The van der Waals surface area contributed by atoms with Gasteiger partial charge in [-0.25, -0.2) is 9.97 Å². The van der Waals surface area contributed by atoms with Crippen LogP contribution < -0.4 is 10.2 Å².